The molecule has 1 heterocycles. The molecule has 1 aromatic carbocycles. The number of carboxylic acid groups (broad SMARTS) is 1. The average molecular weight is 636 g/mol. The van der Waals surface area contributed by atoms with Crippen LogP contribution < -0.4 is 0 Å². The van der Waals surface area contributed by atoms with Crippen LogP contribution in [0, 0.1) is 67.5 Å². The molecule has 4 fully saturated rings. The SMILES string of the molecule is CC1(C)CCC2(C(=O)O)CCC3(C)C(=C(c4cnn(Cc5ccccc5)c4)CC4C5(C)CC(C#N)C(=O)C(C)(C)C5CCC43C)C2C1. The Morgan fingerprint density at radius 2 is 1.68 bits per heavy atom. The van der Waals surface area contributed by atoms with Gasteiger partial charge in [0, 0.05) is 17.2 Å². The zero-order valence-corrected chi connectivity index (χ0v) is 29.5. The molecular weight excluding hydrogens is 582 g/mol. The summed E-state index contributed by atoms with van der Waals surface area (Å²) in [5, 5.41) is 26.2. The van der Waals surface area contributed by atoms with Crippen molar-refractivity contribution in [1.82, 2.24) is 9.78 Å². The van der Waals surface area contributed by atoms with E-state index in [1.54, 1.807) is 0 Å². The molecule has 0 bridgehead atoms. The lowest BCUT2D eigenvalue weighted by Crippen LogP contribution is -2.66. The summed E-state index contributed by atoms with van der Waals surface area (Å²) in [5.41, 5.74) is 3.27. The molecule has 1 aromatic heterocycles. The van der Waals surface area contributed by atoms with Crippen molar-refractivity contribution in [2.75, 3.05) is 0 Å². The van der Waals surface area contributed by atoms with Crippen molar-refractivity contribution in [1.29, 1.82) is 5.26 Å². The Kier molecular flexibility index (Phi) is 7.16. The zero-order valence-electron chi connectivity index (χ0n) is 29.5. The Morgan fingerprint density at radius 3 is 2.36 bits per heavy atom. The van der Waals surface area contributed by atoms with Crippen LogP contribution >= 0.6 is 0 Å². The van der Waals surface area contributed by atoms with E-state index in [-0.39, 0.29) is 45.2 Å². The monoisotopic (exact) mass is 635 g/mol. The van der Waals surface area contributed by atoms with Crippen molar-refractivity contribution in [3.8, 4) is 6.07 Å². The van der Waals surface area contributed by atoms with Crippen molar-refractivity contribution in [3.63, 3.8) is 0 Å². The van der Waals surface area contributed by atoms with Gasteiger partial charge in [-0.15, -0.1) is 0 Å². The van der Waals surface area contributed by atoms with Crippen LogP contribution in [0.4, 0.5) is 0 Å². The van der Waals surface area contributed by atoms with E-state index in [4.69, 9.17) is 5.10 Å². The first-order valence-electron chi connectivity index (χ1n) is 18.0. The van der Waals surface area contributed by atoms with Gasteiger partial charge in [-0.25, -0.2) is 0 Å². The van der Waals surface area contributed by atoms with Gasteiger partial charge in [0.1, 0.15) is 5.92 Å². The molecule has 7 rings (SSSR count). The Bertz CT molecular complexity index is 1700. The summed E-state index contributed by atoms with van der Waals surface area (Å²) in [7, 11) is 0. The van der Waals surface area contributed by atoms with Gasteiger partial charge in [0.2, 0.25) is 0 Å². The van der Waals surface area contributed by atoms with Gasteiger partial charge in [-0.2, -0.15) is 10.4 Å². The fourth-order valence-corrected chi connectivity index (χ4v) is 12.5. The maximum Gasteiger partial charge on any atom is 0.310 e. The standard InChI is InChI=1S/C41H53N3O3/c1-36(2)15-17-41(35(46)47)18-16-40(7)33(30(41)21-36)29(28-23-43-44(25-28)24-26-11-9-8-10-12-26)19-32-38(5)20-27(22-42)34(45)37(3,4)31(38)13-14-39(32,40)6/h8-12,23,25,27,30-32H,13-21,24H2,1-7H3,(H,46,47). The van der Waals surface area contributed by atoms with Crippen LogP contribution in [0.1, 0.15) is 117 Å². The number of rotatable bonds is 4. The minimum absolute atomic E-state index is 0.0329. The number of allylic oxidation sites excluding steroid dienone is 2. The number of aromatic nitrogens is 2. The molecule has 0 radical (unpaired) electrons. The lowest BCUT2D eigenvalue weighted by atomic mass is 9.32. The van der Waals surface area contributed by atoms with Gasteiger partial charge >= 0.3 is 5.97 Å². The molecule has 0 amide bonds. The highest BCUT2D eigenvalue weighted by Gasteiger charge is 2.71. The van der Waals surface area contributed by atoms with Gasteiger partial charge in [0.15, 0.2) is 5.78 Å². The number of benzene rings is 1. The molecular formula is C41H53N3O3. The van der Waals surface area contributed by atoms with Gasteiger partial charge < -0.3 is 5.11 Å². The number of nitriles is 1. The topological polar surface area (TPSA) is 96.0 Å². The molecule has 0 aliphatic heterocycles. The number of carboxylic acids is 1. The number of ketones is 1. The summed E-state index contributed by atoms with van der Waals surface area (Å²) in [6, 6.07) is 12.8. The minimum Gasteiger partial charge on any atom is -0.481 e. The summed E-state index contributed by atoms with van der Waals surface area (Å²) in [6.07, 6.45) is 11.7. The minimum atomic E-state index is -0.745. The predicted molar refractivity (Wildman–Crippen MR) is 183 cm³/mol. The number of fused-ring (bicyclic) bond motifs is 7. The van der Waals surface area contributed by atoms with Gasteiger partial charge in [-0.05, 0) is 108 Å². The van der Waals surface area contributed by atoms with Crippen LogP contribution in [0.25, 0.3) is 5.57 Å². The predicted octanol–water partition coefficient (Wildman–Crippen LogP) is 8.96. The zero-order chi connectivity index (χ0) is 33.8. The molecule has 0 spiro atoms. The van der Waals surface area contributed by atoms with Crippen LogP contribution in [0.15, 0.2) is 48.3 Å². The molecule has 1 N–H and O–H groups in total. The van der Waals surface area contributed by atoms with Crippen LogP contribution in [0.5, 0.6) is 0 Å². The molecule has 0 saturated heterocycles. The van der Waals surface area contributed by atoms with E-state index in [0.29, 0.717) is 19.4 Å². The number of nitrogens with zero attached hydrogens (tertiary/aromatic N) is 3. The normalized spacial score (nSPS) is 40.3. The molecule has 2 aromatic rings. The van der Waals surface area contributed by atoms with Gasteiger partial charge in [0.25, 0.3) is 0 Å². The fourth-order valence-electron chi connectivity index (χ4n) is 12.5. The van der Waals surface area contributed by atoms with Crippen molar-refractivity contribution < 1.29 is 14.7 Å². The van der Waals surface area contributed by atoms with E-state index in [2.05, 4.69) is 85.0 Å². The van der Waals surface area contributed by atoms with Gasteiger partial charge in [-0.3, -0.25) is 14.3 Å². The van der Waals surface area contributed by atoms with Crippen LogP contribution in [0.2, 0.25) is 0 Å². The van der Waals surface area contributed by atoms with Crippen molar-refractivity contribution >= 4 is 17.3 Å². The molecule has 6 nitrogen and oxygen atoms in total. The number of carbonyl (C=O) groups excluding carboxylic acids is 1. The molecule has 5 aliphatic carbocycles. The van der Waals surface area contributed by atoms with Crippen LogP contribution in [-0.4, -0.2) is 26.6 Å². The quantitative estimate of drug-likeness (QED) is 0.362. The van der Waals surface area contributed by atoms with Crippen molar-refractivity contribution in [2.45, 2.75) is 113 Å². The molecule has 8 unspecified atom stereocenters. The molecule has 4 saturated carbocycles. The molecule has 6 heteroatoms. The van der Waals surface area contributed by atoms with E-state index in [1.165, 1.54) is 16.7 Å². The van der Waals surface area contributed by atoms with Crippen LogP contribution in [0.3, 0.4) is 0 Å². The number of carbonyl (C=O) groups is 2. The molecule has 8 atom stereocenters. The third kappa shape index (κ3) is 4.43. The number of Topliss-reactive ketones (excluding diaryl/α,β-unsaturated/α-hetero) is 1. The van der Waals surface area contributed by atoms with Gasteiger partial charge in [0.05, 0.1) is 24.2 Å². The first-order chi connectivity index (χ1) is 22.0. The molecule has 47 heavy (non-hydrogen) atoms. The third-order valence-corrected chi connectivity index (χ3v) is 15.2. The van der Waals surface area contributed by atoms with Gasteiger partial charge in [-0.1, -0.05) is 84.4 Å². The smallest absolute Gasteiger partial charge is 0.310 e. The average Bonchev–Trinajstić information content (AvgIpc) is 3.47. The summed E-state index contributed by atoms with van der Waals surface area (Å²) in [4.78, 5) is 27.1. The summed E-state index contributed by atoms with van der Waals surface area (Å²) >= 11 is 0. The highest BCUT2D eigenvalue weighted by Crippen LogP contribution is 2.77. The Labute approximate surface area is 281 Å². The van der Waals surface area contributed by atoms with E-state index < -0.39 is 22.7 Å². The number of hydrogen-bond acceptors (Lipinski definition) is 4. The van der Waals surface area contributed by atoms with E-state index >= 15 is 0 Å². The van der Waals surface area contributed by atoms with Crippen molar-refractivity contribution in [2.24, 2.45) is 56.2 Å². The molecule has 5 aliphatic rings. The highest BCUT2D eigenvalue weighted by atomic mass is 16.4. The maximum absolute atomic E-state index is 13.7. The van der Waals surface area contributed by atoms with Crippen molar-refractivity contribution in [3.05, 3.63) is 59.4 Å². The second kappa shape index (κ2) is 10.4. The lowest BCUT2D eigenvalue weighted by Gasteiger charge is -2.71. The highest BCUT2D eigenvalue weighted by molar-refractivity contribution is 5.90. The largest absolute Gasteiger partial charge is 0.481 e. The first kappa shape index (κ1) is 32.4. The maximum atomic E-state index is 13.7. The van der Waals surface area contributed by atoms with Crippen LogP contribution in [-0.2, 0) is 16.1 Å². The molecule has 250 valence electrons. The third-order valence-electron chi connectivity index (χ3n) is 15.2. The summed E-state index contributed by atoms with van der Waals surface area (Å²) in [6.45, 7) is 16.9. The summed E-state index contributed by atoms with van der Waals surface area (Å²) < 4.78 is 2.03. The Morgan fingerprint density at radius 1 is 0.979 bits per heavy atom. The Hall–Kier alpha value is -3.20. The first-order valence-corrected chi connectivity index (χ1v) is 18.0. The Balaban J connectivity index is 1.44. The number of hydrogen-bond donors (Lipinski definition) is 1. The second-order valence-electron chi connectivity index (χ2n) is 18.3. The summed E-state index contributed by atoms with van der Waals surface area (Å²) in [5.74, 6) is -0.678. The fraction of sp³-hybridized carbons (Fsp3) is 0.659. The number of aliphatic carboxylic acids is 1. The van der Waals surface area contributed by atoms with E-state index in [0.717, 1.165) is 50.5 Å². The van der Waals surface area contributed by atoms with E-state index in [9.17, 15) is 20.0 Å². The second-order valence-corrected chi connectivity index (χ2v) is 18.3. The van der Waals surface area contributed by atoms with E-state index in [1.807, 2.05) is 16.9 Å². The lowest BCUT2D eigenvalue weighted by molar-refractivity contribution is -0.191.